The molecular formula is C17H12N2O4. The lowest BCUT2D eigenvalue weighted by Gasteiger charge is -2.06. The molecular weight excluding hydrogens is 296 g/mol. The largest absolute Gasteiger partial charge is 0.451 e. The van der Waals surface area contributed by atoms with E-state index in [1.165, 1.54) is 12.1 Å². The van der Waals surface area contributed by atoms with Crippen molar-refractivity contribution in [2.24, 2.45) is 5.73 Å². The third kappa shape index (κ3) is 2.96. The Morgan fingerprint density at radius 3 is 2.57 bits per heavy atom. The number of nitrogens with one attached hydrogen (secondary N) is 1. The molecule has 3 N–H and O–H groups in total. The van der Waals surface area contributed by atoms with Crippen molar-refractivity contribution in [3.63, 3.8) is 0 Å². The standard InChI is InChI=1S/C17H12N2O4/c18-16(21)10-4-3-5-11(8-10)19-17(22)15-9-13(20)12-6-1-2-7-14(12)23-15/h1-9H,(H2,18,21)(H,19,22). The molecule has 3 aromatic rings. The van der Waals surface area contributed by atoms with Gasteiger partial charge in [-0.05, 0) is 30.3 Å². The number of benzene rings is 2. The van der Waals surface area contributed by atoms with Gasteiger partial charge in [0.2, 0.25) is 5.91 Å². The fourth-order valence-electron chi connectivity index (χ4n) is 2.16. The molecule has 3 rings (SSSR count). The maximum absolute atomic E-state index is 12.2. The summed E-state index contributed by atoms with van der Waals surface area (Å²) >= 11 is 0. The summed E-state index contributed by atoms with van der Waals surface area (Å²) in [5, 5.41) is 2.97. The number of hydrogen-bond donors (Lipinski definition) is 2. The van der Waals surface area contributed by atoms with Crippen LogP contribution in [-0.4, -0.2) is 11.8 Å². The fraction of sp³-hybridized carbons (Fsp3) is 0. The van der Waals surface area contributed by atoms with Gasteiger partial charge in [-0.2, -0.15) is 0 Å². The predicted octanol–water partition coefficient (Wildman–Crippen LogP) is 2.14. The molecule has 0 unspecified atom stereocenters. The lowest BCUT2D eigenvalue weighted by atomic mass is 10.2. The van der Waals surface area contributed by atoms with Crippen molar-refractivity contribution in [2.75, 3.05) is 5.32 Å². The van der Waals surface area contributed by atoms with Crippen LogP contribution in [0, 0.1) is 0 Å². The average Bonchev–Trinajstić information content (AvgIpc) is 2.55. The summed E-state index contributed by atoms with van der Waals surface area (Å²) in [5.74, 6) is -1.30. The topological polar surface area (TPSA) is 102 Å². The Labute approximate surface area is 130 Å². The summed E-state index contributed by atoms with van der Waals surface area (Å²) in [7, 11) is 0. The highest BCUT2D eigenvalue weighted by Gasteiger charge is 2.13. The van der Waals surface area contributed by atoms with Crippen LogP contribution in [0.2, 0.25) is 0 Å². The number of carbonyl (C=O) groups is 2. The number of rotatable bonds is 3. The number of nitrogens with two attached hydrogens (primary N) is 1. The Bertz CT molecular complexity index is 975. The van der Waals surface area contributed by atoms with E-state index in [0.29, 0.717) is 16.7 Å². The predicted molar refractivity (Wildman–Crippen MR) is 85.4 cm³/mol. The molecule has 0 radical (unpaired) electrons. The van der Waals surface area contributed by atoms with Crippen molar-refractivity contribution < 1.29 is 14.0 Å². The molecule has 0 aliphatic heterocycles. The summed E-state index contributed by atoms with van der Waals surface area (Å²) in [5.41, 5.74) is 5.87. The van der Waals surface area contributed by atoms with Gasteiger partial charge in [-0.1, -0.05) is 18.2 Å². The van der Waals surface area contributed by atoms with Crippen molar-refractivity contribution >= 4 is 28.5 Å². The van der Waals surface area contributed by atoms with Gasteiger partial charge < -0.3 is 15.5 Å². The molecule has 1 aromatic heterocycles. The molecule has 23 heavy (non-hydrogen) atoms. The first-order valence-corrected chi connectivity index (χ1v) is 6.79. The zero-order valence-corrected chi connectivity index (χ0v) is 11.9. The minimum Gasteiger partial charge on any atom is -0.451 e. The van der Waals surface area contributed by atoms with Crippen molar-refractivity contribution in [1.29, 1.82) is 0 Å². The van der Waals surface area contributed by atoms with Crippen LogP contribution in [0.4, 0.5) is 5.69 Å². The first-order chi connectivity index (χ1) is 11.0. The van der Waals surface area contributed by atoms with Crippen molar-refractivity contribution in [2.45, 2.75) is 0 Å². The fourth-order valence-corrected chi connectivity index (χ4v) is 2.16. The number of amides is 2. The van der Waals surface area contributed by atoms with Gasteiger partial charge in [0.15, 0.2) is 11.2 Å². The highest BCUT2D eigenvalue weighted by atomic mass is 16.3. The molecule has 6 heteroatoms. The molecule has 0 saturated heterocycles. The molecule has 114 valence electrons. The van der Waals surface area contributed by atoms with Crippen LogP contribution in [0.3, 0.4) is 0 Å². The molecule has 6 nitrogen and oxygen atoms in total. The van der Waals surface area contributed by atoms with Gasteiger partial charge in [-0.15, -0.1) is 0 Å². The maximum Gasteiger partial charge on any atom is 0.291 e. The lowest BCUT2D eigenvalue weighted by Crippen LogP contribution is -2.16. The minimum absolute atomic E-state index is 0.113. The quantitative estimate of drug-likeness (QED) is 0.773. The van der Waals surface area contributed by atoms with Crippen molar-refractivity contribution in [3.8, 4) is 0 Å². The second kappa shape index (κ2) is 5.76. The normalized spacial score (nSPS) is 10.4. The van der Waals surface area contributed by atoms with E-state index in [1.807, 2.05) is 0 Å². The Morgan fingerprint density at radius 2 is 1.78 bits per heavy atom. The van der Waals surface area contributed by atoms with E-state index in [0.717, 1.165) is 6.07 Å². The zero-order valence-electron chi connectivity index (χ0n) is 11.9. The smallest absolute Gasteiger partial charge is 0.291 e. The Morgan fingerprint density at radius 1 is 1.00 bits per heavy atom. The SMILES string of the molecule is NC(=O)c1cccc(NC(=O)c2cc(=O)c3ccccc3o2)c1. The minimum atomic E-state index is -0.599. The lowest BCUT2D eigenvalue weighted by molar-refractivity contribution is 0.0988. The van der Waals surface area contributed by atoms with E-state index in [-0.39, 0.29) is 16.8 Å². The number of para-hydroxylation sites is 1. The average molecular weight is 308 g/mol. The van der Waals surface area contributed by atoms with Gasteiger partial charge in [0.1, 0.15) is 5.58 Å². The monoisotopic (exact) mass is 308 g/mol. The third-order valence-electron chi connectivity index (χ3n) is 3.26. The molecule has 2 amide bonds. The number of fused-ring (bicyclic) bond motifs is 1. The van der Waals surface area contributed by atoms with Gasteiger partial charge in [-0.3, -0.25) is 14.4 Å². The number of anilines is 1. The van der Waals surface area contributed by atoms with Crippen LogP contribution in [0.1, 0.15) is 20.9 Å². The van der Waals surface area contributed by atoms with E-state index in [2.05, 4.69) is 5.32 Å². The van der Waals surface area contributed by atoms with Crippen LogP contribution in [0.5, 0.6) is 0 Å². The van der Waals surface area contributed by atoms with Gasteiger partial charge in [0, 0.05) is 17.3 Å². The molecule has 0 aliphatic rings. The summed E-state index contributed by atoms with van der Waals surface area (Å²) < 4.78 is 5.45. The van der Waals surface area contributed by atoms with Crippen LogP contribution in [0.25, 0.3) is 11.0 Å². The number of primary amides is 1. The van der Waals surface area contributed by atoms with Gasteiger partial charge in [0.25, 0.3) is 5.91 Å². The molecule has 0 aliphatic carbocycles. The highest BCUT2D eigenvalue weighted by molar-refractivity contribution is 6.03. The molecule has 2 aromatic carbocycles. The Hall–Kier alpha value is -3.41. The highest BCUT2D eigenvalue weighted by Crippen LogP contribution is 2.15. The van der Waals surface area contributed by atoms with Gasteiger partial charge in [0.05, 0.1) is 5.39 Å². The van der Waals surface area contributed by atoms with Crippen LogP contribution >= 0.6 is 0 Å². The van der Waals surface area contributed by atoms with E-state index in [9.17, 15) is 14.4 Å². The van der Waals surface area contributed by atoms with E-state index in [4.69, 9.17) is 10.2 Å². The molecule has 0 saturated carbocycles. The Balaban J connectivity index is 1.93. The molecule has 0 atom stereocenters. The Kier molecular flexibility index (Phi) is 3.64. The molecule has 1 heterocycles. The van der Waals surface area contributed by atoms with E-state index in [1.54, 1.807) is 36.4 Å². The van der Waals surface area contributed by atoms with Crippen LogP contribution in [-0.2, 0) is 0 Å². The van der Waals surface area contributed by atoms with Crippen LogP contribution < -0.4 is 16.5 Å². The first-order valence-electron chi connectivity index (χ1n) is 6.79. The number of carbonyl (C=O) groups excluding carboxylic acids is 2. The summed E-state index contributed by atoms with van der Waals surface area (Å²) in [4.78, 5) is 35.4. The van der Waals surface area contributed by atoms with E-state index < -0.39 is 11.8 Å². The molecule has 0 spiro atoms. The van der Waals surface area contributed by atoms with Gasteiger partial charge in [-0.25, -0.2) is 0 Å². The van der Waals surface area contributed by atoms with Gasteiger partial charge >= 0.3 is 0 Å². The summed E-state index contributed by atoms with van der Waals surface area (Å²) in [6, 6.07) is 14.0. The second-order valence-electron chi connectivity index (χ2n) is 4.87. The molecule has 0 fully saturated rings. The summed E-state index contributed by atoms with van der Waals surface area (Å²) in [6.45, 7) is 0. The van der Waals surface area contributed by atoms with Crippen molar-refractivity contribution in [1.82, 2.24) is 0 Å². The first kappa shape index (κ1) is 14.5. The van der Waals surface area contributed by atoms with Crippen molar-refractivity contribution in [3.05, 3.63) is 76.1 Å². The number of hydrogen-bond acceptors (Lipinski definition) is 4. The second-order valence-corrected chi connectivity index (χ2v) is 4.87. The third-order valence-corrected chi connectivity index (χ3v) is 3.26. The summed E-state index contributed by atoms with van der Waals surface area (Å²) in [6.07, 6.45) is 0. The maximum atomic E-state index is 12.2. The molecule has 0 bridgehead atoms. The van der Waals surface area contributed by atoms with E-state index >= 15 is 0 Å². The zero-order chi connectivity index (χ0) is 16.4. The van der Waals surface area contributed by atoms with Crippen LogP contribution in [0.15, 0.2) is 63.8 Å².